The second-order valence-electron chi connectivity index (χ2n) is 5.62. The van der Waals surface area contributed by atoms with E-state index in [1.807, 2.05) is 18.2 Å². The molecule has 1 aliphatic rings. The summed E-state index contributed by atoms with van der Waals surface area (Å²) in [6.45, 7) is 0.434. The molecular weight excluding hydrogens is 295 g/mol. The van der Waals surface area contributed by atoms with Gasteiger partial charge in [-0.25, -0.2) is 4.39 Å². The summed E-state index contributed by atoms with van der Waals surface area (Å²) in [5.41, 5.74) is 3.72. The Morgan fingerprint density at radius 1 is 1.13 bits per heavy atom. The van der Waals surface area contributed by atoms with Crippen molar-refractivity contribution in [3.8, 4) is 0 Å². The standard InChI is InChI=1S/C18H17FN2O2/c19-15-5-1-12(2-6-15)4-8-17(22)20-11-13-3-7-16-14(9-13)10-18(23)21-16/h1-3,5-7,9H,4,8,10-11H2,(H,20,22)(H,21,23). The van der Waals surface area contributed by atoms with E-state index in [1.54, 1.807) is 12.1 Å². The van der Waals surface area contributed by atoms with Gasteiger partial charge in [0.2, 0.25) is 11.8 Å². The Morgan fingerprint density at radius 3 is 2.65 bits per heavy atom. The van der Waals surface area contributed by atoms with Gasteiger partial charge in [-0.1, -0.05) is 24.3 Å². The van der Waals surface area contributed by atoms with E-state index in [4.69, 9.17) is 0 Å². The number of halogens is 1. The third-order valence-electron chi connectivity index (χ3n) is 3.84. The SMILES string of the molecule is O=C(CCc1ccc(F)cc1)NCc1ccc2c(c1)CC(=O)N2. The summed E-state index contributed by atoms with van der Waals surface area (Å²) in [4.78, 5) is 23.2. The van der Waals surface area contributed by atoms with Gasteiger partial charge in [0.15, 0.2) is 0 Å². The van der Waals surface area contributed by atoms with Crippen LogP contribution in [0.1, 0.15) is 23.1 Å². The molecule has 0 radical (unpaired) electrons. The highest BCUT2D eigenvalue weighted by Gasteiger charge is 2.17. The molecule has 23 heavy (non-hydrogen) atoms. The van der Waals surface area contributed by atoms with Crippen LogP contribution in [0.25, 0.3) is 0 Å². The minimum Gasteiger partial charge on any atom is -0.352 e. The normalized spacial score (nSPS) is 12.7. The molecule has 0 bridgehead atoms. The monoisotopic (exact) mass is 312 g/mol. The summed E-state index contributed by atoms with van der Waals surface area (Å²) < 4.78 is 12.8. The first-order valence-electron chi connectivity index (χ1n) is 7.53. The number of hydrogen-bond acceptors (Lipinski definition) is 2. The average molecular weight is 312 g/mol. The Hall–Kier alpha value is -2.69. The van der Waals surface area contributed by atoms with Gasteiger partial charge in [0.25, 0.3) is 0 Å². The van der Waals surface area contributed by atoms with Gasteiger partial charge < -0.3 is 10.6 Å². The lowest BCUT2D eigenvalue weighted by molar-refractivity contribution is -0.121. The van der Waals surface area contributed by atoms with E-state index in [1.165, 1.54) is 12.1 Å². The molecule has 2 N–H and O–H groups in total. The molecule has 0 spiro atoms. The highest BCUT2D eigenvalue weighted by atomic mass is 19.1. The molecule has 0 saturated heterocycles. The van der Waals surface area contributed by atoms with Crippen molar-refractivity contribution in [3.05, 3.63) is 65.0 Å². The van der Waals surface area contributed by atoms with Crippen LogP contribution in [-0.4, -0.2) is 11.8 Å². The van der Waals surface area contributed by atoms with E-state index in [9.17, 15) is 14.0 Å². The molecule has 0 aliphatic carbocycles. The summed E-state index contributed by atoms with van der Waals surface area (Å²) in [7, 11) is 0. The molecule has 3 rings (SSSR count). The van der Waals surface area contributed by atoms with Gasteiger partial charge in [0.1, 0.15) is 5.82 Å². The first-order chi connectivity index (χ1) is 11.1. The molecule has 5 heteroatoms. The number of aryl methyl sites for hydroxylation is 1. The second kappa shape index (κ2) is 6.60. The quantitative estimate of drug-likeness (QED) is 0.891. The fraction of sp³-hybridized carbons (Fsp3) is 0.222. The molecule has 0 unspecified atom stereocenters. The number of rotatable bonds is 5. The van der Waals surface area contributed by atoms with Crippen LogP contribution >= 0.6 is 0 Å². The van der Waals surface area contributed by atoms with Crippen LogP contribution < -0.4 is 10.6 Å². The second-order valence-corrected chi connectivity index (χ2v) is 5.62. The van der Waals surface area contributed by atoms with Gasteiger partial charge in [-0.15, -0.1) is 0 Å². The van der Waals surface area contributed by atoms with Crippen molar-refractivity contribution < 1.29 is 14.0 Å². The summed E-state index contributed by atoms with van der Waals surface area (Å²) in [6.07, 6.45) is 1.33. The van der Waals surface area contributed by atoms with Crippen molar-refractivity contribution in [3.63, 3.8) is 0 Å². The van der Waals surface area contributed by atoms with Crippen molar-refractivity contribution in [2.24, 2.45) is 0 Å². The fourth-order valence-corrected chi connectivity index (χ4v) is 2.59. The Morgan fingerprint density at radius 2 is 1.87 bits per heavy atom. The highest BCUT2D eigenvalue weighted by molar-refractivity contribution is 5.99. The van der Waals surface area contributed by atoms with Crippen LogP contribution in [0.2, 0.25) is 0 Å². The summed E-state index contributed by atoms with van der Waals surface area (Å²) in [6, 6.07) is 11.9. The van der Waals surface area contributed by atoms with Crippen LogP contribution in [0.15, 0.2) is 42.5 Å². The molecule has 2 amide bonds. The molecule has 0 fully saturated rings. The number of fused-ring (bicyclic) bond motifs is 1. The number of amides is 2. The number of benzene rings is 2. The molecule has 4 nitrogen and oxygen atoms in total. The average Bonchev–Trinajstić information content (AvgIpc) is 2.91. The van der Waals surface area contributed by atoms with Crippen molar-refractivity contribution in [2.75, 3.05) is 5.32 Å². The Balaban J connectivity index is 1.48. The molecule has 118 valence electrons. The lowest BCUT2D eigenvalue weighted by Crippen LogP contribution is -2.23. The smallest absolute Gasteiger partial charge is 0.228 e. The van der Waals surface area contributed by atoms with Crippen molar-refractivity contribution >= 4 is 17.5 Å². The zero-order valence-electron chi connectivity index (χ0n) is 12.6. The maximum atomic E-state index is 12.8. The van der Waals surface area contributed by atoms with Crippen molar-refractivity contribution in [2.45, 2.75) is 25.8 Å². The molecule has 0 aromatic heterocycles. The maximum Gasteiger partial charge on any atom is 0.228 e. The zero-order chi connectivity index (χ0) is 16.2. The Bertz CT molecular complexity index is 741. The van der Waals surface area contributed by atoms with E-state index in [2.05, 4.69) is 10.6 Å². The molecular formula is C18H17FN2O2. The van der Waals surface area contributed by atoms with Crippen LogP contribution in [0, 0.1) is 5.82 Å². The molecule has 1 aliphatic heterocycles. The maximum absolute atomic E-state index is 12.8. The van der Waals surface area contributed by atoms with Gasteiger partial charge in [-0.3, -0.25) is 9.59 Å². The first-order valence-corrected chi connectivity index (χ1v) is 7.53. The van der Waals surface area contributed by atoms with E-state index in [0.29, 0.717) is 25.8 Å². The third-order valence-corrected chi connectivity index (χ3v) is 3.84. The number of nitrogens with one attached hydrogen (secondary N) is 2. The first kappa shape index (κ1) is 15.2. The van der Waals surface area contributed by atoms with Crippen molar-refractivity contribution in [1.29, 1.82) is 0 Å². The highest BCUT2D eigenvalue weighted by Crippen LogP contribution is 2.23. The predicted octanol–water partition coefficient (Wildman–Crippen LogP) is 2.57. The third kappa shape index (κ3) is 3.94. The fourth-order valence-electron chi connectivity index (χ4n) is 2.59. The number of carbonyl (C=O) groups excluding carboxylic acids is 2. The molecule has 0 saturated carbocycles. The molecule has 2 aromatic rings. The lowest BCUT2D eigenvalue weighted by atomic mass is 10.1. The van der Waals surface area contributed by atoms with Gasteiger partial charge in [0, 0.05) is 18.7 Å². The summed E-state index contributed by atoms with van der Waals surface area (Å²) >= 11 is 0. The van der Waals surface area contributed by atoms with Gasteiger partial charge in [-0.05, 0) is 41.3 Å². The van der Waals surface area contributed by atoms with Crippen LogP contribution in [-0.2, 0) is 29.0 Å². The Kier molecular flexibility index (Phi) is 4.37. The van der Waals surface area contributed by atoms with Crippen LogP contribution in [0.4, 0.5) is 10.1 Å². The van der Waals surface area contributed by atoms with E-state index < -0.39 is 0 Å². The van der Waals surface area contributed by atoms with Crippen molar-refractivity contribution in [1.82, 2.24) is 5.32 Å². The minimum atomic E-state index is -0.275. The predicted molar refractivity (Wildman–Crippen MR) is 85.3 cm³/mol. The number of anilines is 1. The van der Waals surface area contributed by atoms with Crippen LogP contribution in [0.5, 0.6) is 0 Å². The summed E-state index contributed by atoms with van der Waals surface area (Å²) in [5, 5.41) is 5.64. The van der Waals surface area contributed by atoms with E-state index in [-0.39, 0.29) is 17.6 Å². The van der Waals surface area contributed by atoms with Crippen LogP contribution in [0.3, 0.4) is 0 Å². The molecule has 0 atom stereocenters. The lowest BCUT2D eigenvalue weighted by Gasteiger charge is -2.07. The van der Waals surface area contributed by atoms with Gasteiger partial charge >= 0.3 is 0 Å². The molecule has 1 heterocycles. The number of hydrogen-bond donors (Lipinski definition) is 2. The van der Waals surface area contributed by atoms with Gasteiger partial charge in [-0.2, -0.15) is 0 Å². The Labute approximate surface area is 133 Å². The van der Waals surface area contributed by atoms with E-state index >= 15 is 0 Å². The van der Waals surface area contributed by atoms with E-state index in [0.717, 1.165) is 22.4 Å². The largest absolute Gasteiger partial charge is 0.352 e. The zero-order valence-corrected chi connectivity index (χ0v) is 12.6. The number of carbonyl (C=O) groups is 2. The summed E-state index contributed by atoms with van der Waals surface area (Å²) in [5.74, 6) is -0.327. The minimum absolute atomic E-state index is 0.000448. The van der Waals surface area contributed by atoms with Gasteiger partial charge in [0.05, 0.1) is 6.42 Å². The topological polar surface area (TPSA) is 58.2 Å². The molecule has 2 aromatic carbocycles.